The lowest BCUT2D eigenvalue weighted by Gasteiger charge is -2.31. The van der Waals surface area contributed by atoms with Gasteiger partial charge < -0.3 is 10.2 Å². The Bertz CT molecular complexity index is 863. The maximum absolute atomic E-state index is 13.3. The van der Waals surface area contributed by atoms with Crippen LogP contribution < -0.4 is 5.32 Å². The molecule has 0 saturated heterocycles. The number of halogens is 2. The van der Waals surface area contributed by atoms with E-state index in [9.17, 15) is 14.0 Å². The zero-order valence-corrected chi connectivity index (χ0v) is 19.8. The van der Waals surface area contributed by atoms with Crippen molar-refractivity contribution in [3.05, 3.63) is 70.5 Å². The van der Waals surface area contributed by atoms with Gasteiger partial charge >= 0.3 is 0 Å². The van der Waals surface area contributed by atoms with Crippen LogP contribution in [0.25, 0.3) is 0 Å². The van der Waals surface area contributed by atoms with Crippen molar-refractivity contribution in [2.24, 2.45) is 0 Å². The fourth-order valence-electron chi connectivity index (χ4n) is 3.11. The maximum atomic E-state index is 13.3. The van der Waals surface area contributed by atoms with Crippen molar-refractivity contribution < 1.29 is 14.0 Å². The van der Waals surface area contributed by atoms with E-state index in [0.29, 0.717) is 17.2 Å². The summed E-state index contributed by atoms with van der Waals surface area (Å²) in [5.41, 5.74) is 1.82. The van der Waals surface area contributed by atoms with Crippen LogP contribution in [0.5, 0.6) is 0 Å². The minimum absolute atomic E-state index is 0.0292. The predicted octanol–water partition coefficient (Wildman–Crippen LogP) is 5.43. The molecule has 31 heavy (non-hydrogen) atoms. The third-order valence-electron chi connectivity index (χ3n) is 5.04. The second-order valence-electron chi connectivity index (χ2n) is 7.51. The summed E-state index contributed by atoms with van der Waals surface area (Å²) in [5.74, 6) is 0.266. The fourth-order valence-corrected chi connectivity index (χ4v) is 4.18. The summed E-state index contributed by atoms with van der Waals surface area (Å²) in [6.07, 6.45) is 1.30. The second kappa shape index (κ2) is 12.7. The molecule has 0 saturated carbocycles. The van der Waals surface area contributed by atoms with E-state index in [-0.39, 0.29) is 36.0 Å². The van der Waals surface area contributed by atoms with Crippen molar-refractivity contribution in [3.63, 3.8) is 0 Å². The molecule has 2 rings (SSSR count). The van der Waals surface area contributed by atoms with Crippen LogP contribution in [0, 0.1) is 5.82 Å². The first-order valence-electron chi connectivity index (χ1n) is 10.5. The number of benzene rings is 2. The van der Waals surface area contributed by atoms with Crippen LogP contribution in [-0.2, 0) is 21.9 Å². The molecule has 0 aliphatic carbocycles. The highest BCUT2D eigenvalue weighted by Gasteiger charge is 2.29. The van der Waals surface area contributed by atoms with Crippen LogP contribution in [0.1, 0.15) is 44.7 Å². The quantitative estimate of drug-likeness (QED) is 0.482. The van der Waals surface area contributed by atoms with E-state index < -0.39 is 6.04 Å². The number of amides is 2. The van der Waals surface area contributed by atoms with Crippen LogP contribution in [0.2, 0.25) is 5.02 Å². The molecule has 0 heterocycles. The minimum atomic E-state index is -0.585. The van der Waals surface area contributed by atoms with Crippen LogP contribution in [0.15, 0.2) is 48.5 Å². The molecule has 0 radical (unpaired) electrons. The number of nitrogens with one attached hydrogen (secondary N) is 1. The molecule has 168 valence electrons. The van der Waals surface area contributed by atoms with Gasteiger partial charge in [-0.2, -0.15) is 0 Å². The van der Waals surface area contributed by atoms with Gasteiger partial charge in [0.25, 0.3) is 0 Å². The second-order valence-corrected chi connectivity index (χ2v) is 8.93. The number of carbonyl (C=O) groups excluding carboxylic acids is 2. The van der Waals surface area contributed by atoms with E-state index in [2.05, 4.69) is 5.32 Å². The van der Waals surface area contributed by atoms with Crippen molar-refractivity contribution in [3.8, 4) is 0 Å². The van der Waals surface area contributed by atoms with Crippen molar-refractivity contribution in [2.45, 2.75) is 58.0 Å². The summed E-state index contributed by atoms with van der Waals surface area (Å²) in [7, 11) is 0. The topological polar surface area (TPSA) is 49.4 Å². The van der Waals surface area contributed by atoms with Crippen molar-refractivity contribution in [2.75, 3.05) is 5.75 Å². The Labute approximate surface area is 193 Å². The molecular formula is C24H30ClFN2O2S. The van der Waals surface area contributed by atoms with Gasteiger partial charge in [-0.25, -0.2) is 4.39 Å². The first kappa shape index (κ1) is 25.2. The molecule has 2 atom stereocenters. The molecule has 2 amide bonds. The van der Waals surface area contributed by atoms with E-state index in [0.717, 1.165) is 17.5 Å². The third kappa shape index (κ3) is 8.19. The molecule has 0 unspecified atom stereocenters. The summed E-state index contributed by atoms with van der Waals surface area (Å²) in [5, 5.41) is 3.65. The molecule has 0 aliphatic rings. The highest BCUT2D eigenvalue weighted by Crippen LogP contribution is 2.19. The standard InChI is InChI=1S/C24H30ClFN2O2S/c1-4-17(3)27-24(30)22(5-2)28(14-18-9-11-21(26)12-10-18)23(29)16-31-15-19-7-6-8-20(25)13-19/h6-13,17,22H,4-5,14-16H2,1-3H3,(H,27,30)/t17-,22+/m1/s1. The average molecular weight is 465 g/mol. The Morgan fingerprint density at radius 1 is 1.10 bits per heavy atom. The lowest BCUT2D eigenvalue weighted by atomic mass is 10.1. The Balaban J connectivity index is 2.13. The van der Waals surface area contributed by atoms with E-state index in [1.807, 2.05) is 45.0 Å². The zero-order valence-electron chi connectivity index (χ0n) is 18.2. The largest absolute Gasteiger partial charge is 0.352 e. The molecule has 2 aromatic rings. The number of nitrogens with zero attached hydrogens (tertiary/aromatic N) is 1. The van der Waals surface area contributed by atoms with Crippen LogP contribution in [0.3, 0.4) is 0 Å². The molecule has 0 aliphatic heterocycles. The molecule has 0 bridgehead atoms. The van der Waals surface area contributed by atoms with E-state index >= 15 is 0 Å². The van der Waals surface area contributed by atoms with Crippen molar-refractivity contribution in [1.82, 2.24) is 10.2 Å². The normalized spacial score (nSPS) is 12.8. The molecule has 2 aromatic carbocycles. The maximum Gasteiger partial charge on any atom is 0.243 e. The van der Waals surface area contributed by atoms with Crippen molar-refractivity contribution in [1.29, 1.82) is 0 Å². The van der Waals surface area contributed by atoms with Gasteiger partial charge in [0.15, 0.2) is 0 Å². The third-order valence-corrected chi connectivity index (χ3v) is 6.26. The lowest BCUT2D eigenvalue weighted by Crippen LogP contribution is -2.51. The molecular weight excluding hydrogens is 435 g/mol. The number of hydrogen-bond donors (Lipinski definition) is 1. The lowest BCUT2D eigenvalue weighted by molar-refractivity contribution is -0.139. The molecule has 1 N–H and O–H groups in total. The van der Waals surface area contributed by atoms with E-state index in [1.54, 1.807) is 17.0 Å². The first-order valence-corrected chi connectivity index (χ1v) is 12.0. The van der Waals surface area contributed by atoms with Gasteiger partial charge in [-0.3, -0.25) is 9.59 Å². The smallest absolute Gasteiger partial charge is 0.243 e. The monoisotopic (exact) mass is 464 g/mol. The van der Waals surface area contributed by atoms with Gasteiger partial charge in [0, 0.05) is 23.4 Å². The molecule has 0 aromatic heterocycles. The summed E-state index contributed by atoms with van der Waals surface area (Å²) < 4.78 is 13.3. The van der Waals surface area contributed by atoms with Gasteiger partial charge in [0.05, 0.1) is 5.75 Å². The molecule has 7 heteroatoms. The number of hydrogen-bond acceptors (Lipinski definition) is 3. The Kier molecular flexibility index (Phi) is 10.3. The van der Waals surface area contributed by atoms with Gasteiger partial charge in [-0.15, -0.1) is 11.8 Å². The predicted molar refractivity (Wildman–Crippen MR) is 127 cm³/mol. The van der Waals surface area contributed by atoms with E-state index in [4.69, 9.17) is 11.6 Å². The average Bonchev–Trinajstić information content (AvgIpc) is 2.74. The molecule has 0 fully saturated rings. The SMILES string of the molecule is CC[C@@H](C)NC(=O)[C@H](CC)N(Cc1ccc(F)cc1)C(=O)CSCc1cccc(Cl)c1. The van der Waals surface area contributed by atoms with Gasteiger partial charge in [0.1, 0.15) is 11.9 Å². The van der Waals surface area contributed by atoms with Crippen LogP contribution in [0.4, 0.5) is 4.39 Å². The Morgan fingerprint density at radius 2 is 1.81 bits per heavy atom. The van der Waals surface area contributed by atoms with Crippen LogP contribution >= 0.6 is 23.4 Å². The molecule has 0 spiro atoms. The van der Waals surface area contributed by atoms with Crippen molar-refractivity contribution >= 4 is 35.2 Å². The minimum Gasteiger partial charge on any atom is -0.352 e. The Hall–Kier alpha value is -2.05. The van der Waals surface area contributed by atoms with Gasteiger partial charge in [0.2, 0.25) is 11.8 Å². The number of thioether (sulfide) groups is 1. The number of carbonyl (C=O) groups is 2. The zero-order chi connectivity index (χ0) is 22.8. The summed E-state index contributed by atoms with van der Waals surface area (Å²) in [6, 6.07) is 13.0. The Morgan fingerprint density at radius 3 is 2.42 bits per heavy atom. The van der Waals surface area contributed by atoms with Gasteiger partial charge in [-0.05, 0) is 55.2 Å². The van der Waals surface area contributed by atoms with E-state index in [1.165, 1.54) is 23.9 Å². The highest BCUT2D eigenvalue weighted by molar-refractivity contribution is 7.99. The summed E-state index contributed by atoms with van der Waals surface area (Å²) >= 11 is 7.51. The highest BCUT2D eigenvalue weighted by atomic mass is 35.5. The van der Waals surface area contributed by atoms with Crippen LogP contribution in [-0.4, -0.2) is 34.6 Å². The molecule has 4 nitrogen and oxygen atoms in total. The fraction of sp³-hybridized carbons (Fsp3) is 0.417. The summed E-state index contributed by atoms with van der Waals surface area (Å²) in [6.45, 7) is 6.09. The summed E-state index contributed by atoms with van der Waals surface area (Å²) in [4.78, 5) is 27.6. The number of rotatable bonds is 11. The first-order chi connectivity index (χ1) is 14.8. The van der Waals surface area contributed by atoms with Gasteiger partial charge in [-0.1, -0.05) is 49.7 Å².